The van der Waals surface area contributed by atoms with E-state index in [4.69, 9.17) is 5.73 Å². The number of aromatic hydroxyl groups is 1. The van der Waals surface area contributed by atoms with Crippen molar-refractivity contribution in [3.8, 4) is 17.1 Å². The molecule has 0 aliphatic heterocycles. The molecule has 0 saturated carbocycles. The van der Waals surface area contributed by atoms with Gasteiger partial charge in [0.05, 0.1) is 0 Å². The average Bonchev–Trinajstić information content (AvgIpc) is 2.58. The molecular formula is C18H14FN3O2. The quantitative estimate of drug-likeness (QED) is 0.772. The fraction of sp³-hybridized carbons (Fsp3) is 0.0556. The molecule has 3 N–H and O–H groups in total. The molecule has 24 heavy (non-hydrogen) atoms. The van der Waals surface area contributed by atoms with Crippen LogP contribution in [0.1, 0.15) is 21.6 Å². The third-order valence-electron chi connectivity index (χ3n) is 3.55. The number of halogens is 1. The van der Waals surface area contributed by atoms with Crippen LogP contribution in [0, 0.1) is 5.82 Å². The van der Waals surface area contributed by atoms with Gasteiger partial charge in [0.15, 0.2) is 5.82 Å². The Morgan fingerprint density at radius 1 is 1.12 bits per heavy atom. The van der Waals surface area contributed by atoms with Gasteiger partial charge in [-0.3, -0.25) is 4.79 Å². The van der Waals surface area contributed by atoms with E-state index in [1.165, 1.54) is 18.3 Å². The summed E-state index contributed by atoms with van der Waals surface area (Å²) in [6.07, 6.45) is 1.87. The van der Waals surface area contributed by atoms with Gasteiger partial charge in [0, 0.05) is 24.2 Å². The summed E-state index contributed by atoms with van der Waals surface area (Å²) in [5, 5.41) is 9.24. The second-order valence-corrected chi connectivity index (χ2v) is 5.28. The van der Waals surface area contributed by atoms with Crippen LogP contribution >= 0.6 is 0 Å². The van der Waals surface area contributed by atoms with Crippen molar-refractivity contribution in [2.45, 2.75) is 6.42 Å². The molecule has 3 rings (SSSR count). The highest BCUT2D eigenvalue weighted by atomic mass is 19.1. The van der Waals surface area contributed by atoms with Crippen LogP contribution < -0.4 is 5.73 Å². The van der Waals surface area contributed by atoms with E-state index in [2.05, 4.69) is 9.97 Å². The molecule has 0 unspecified atom stereocenters. The van der Waals surface area contributed by atoms with E-state index < -0.39 is 11.7 Å². The van der Waals surface area contributed by atoms with Crippen molar-refractivity contribution >= 4 is 5.91 Å². The van der Waals surface area contributed by atoms with Crippen molar-refractivity contribution in [1.29, 1.82) is 0 Å². The lowest BCUT2D eigenvalue weighted by Crippen LogP contribution is -2.13. The van der Waals surface area contributed by atoms with Crippen molar-refractivity contribution in [1.82, 2.24) is 9.97 Å². The van der Waals surface area contributed by atoms with Crippen molar-refractivity contribution in [3.63, 3.8) is 0 Å². The minimum absolute atomic E-state index is 0.0990. The molecule has 0 atom stereocenters. The minimum Gasteiger partial charge on any atom is -0.508 e. The van der Waals surface area contributed by atoms with Crippen LogP contribution in [0.4, 0.5) is 4.39 Å². The number of rotatable bonds is 4. The normalized spacial score (nSPS) is 10.5. The fourth-order valence-corrected chi connectivity index (χ4v) is 2.31. The number of phenolic OH excluding ortho intramolecular Hbond substituents is 1. The largest absolute Gasteiger partial charge is 0.508 e. The van der Waals surface area contributed by atoms with Crippen LogP contribution in [-0.4, -0.2) is 21.0 Å². The van der Waals surface area contributed by atoms with Crippen molar-refractivity contribution < 1.29 is 14.3 Å². The van der Waals surface area contributed by atoms with Gasteiger partial charge in [-0.2, -0.15) is 0 Å². The average molecular weight is 323 g/mol. The van der Waals surface area contributed by atoms with E-state index in [0.29, 0.717) is 17.8 Å². The fourth-order valence-electron chi connectivity index (χ4n) is 2.31. The van der Waals surface area contributed by atoms with Crippen LogP contribution in [0.25, 0.3) is 11.4 Å². The second-order valence-electron chi connectivity index (χ2n) is 5.28. The molecule has 0 spiro atoms. The van der Waals surface area contributed by atoms with Gasteiger partial charge in [0.25, 0.3) is 5.91 Å². The summed E-state index contributed by atoms with van der Waals surface area (Å²) < 4.78 is 13.8. The SMILES string of the molecule is NC(=O)c1ccnc(-c2ccc(Cc3ccc(O)cc3F)cc2)n1. The van der Waals surface area contributed by atoms with Crippen LogP contribution in [0.3, 0.4) is 0 Å². The van der Waals surface area contributed by atoms with E-state index in [1.54, 1.807) is 18.2 Å². The Labute approximate surface area is 137 Å². The zero-order valence-corrected chi connectivity index (χ0v) is 12.6. The van der Waals surface area contributed by atoms with Gasteiger partial charge in [-0.25, -0.2) is 14.4 Å². The zero-order chi connectivity index (χ0) is 17.1. The predicted molar refractivity (Wildman–Crippen MR) is 86.9 cm³/mol. The number of carbonyl (C=O) groups excluding carboxylic acids is 1. The Bertz CT molecular complexity index is 895. The van der Waals surface area contributed by atoms with E-state index in [1.807, 2.05) is 12.1 Å². The highest BCUT2D eigenvalue weighted by Gasteiger charge is 2.08. The smallest absolute Gasteiger partial charge is 0.267 e. The first-order valence-electron chi connectivity index (χ1n) is 7.22. The third kappa shape index (κ3) is 3.38. The molecule has 0 saturated heterocycles. The van der Waals surface area contributed by atoms with E-state index in [-0.39, 0.29) is 11.4 Å². The highest BCUT2D eigenvalue weighted by molar-refractivity contribution is 5.91. The monoisotopic (exact) mass is 323 g/mol. The Morgan fingerprint density at radius 3 is 2.54 bits per heavy atom. The van der Waals surface area contributed by atoms with E-state index in [9.17, 15) is 14.3 Å². The van der Waals surface area contributed by atoms with Crippen LogP contribution in [-0.2, 0) is 6.42 Å². The van der Waals surface area contributed by atoms with Crippen molar-refractivity contribution in [3.05, 3.63) is 77.4 Å². The topological polar surface area (TPSA) is 89.1 Å². The molecule has 0 aliphatic carbocycles. The highest BCUT2D eigenvalue weighted by Crippen LogP contribution is 2.20. The number of phenols is 1. The van der Waals surface area contributed by atoms with Gasteiger partial charge in [-0.05, 0) is 23.3 Å². The van der Waals surface area contributed by atoms with Gasteiger partial charge in [0.2, 0.25) is 0 Å². The lowest BCUT2D eigenvalue weighted by Gasteiger charge is -2.06. The molecule has 1 amide bonds. The summed E-state index contributed by atoms with van der Waals surface area (Å²) in [7, 11) is 0. The number of hydrogen-bond donors (Lipinski definition) is 2. The molecule has 1 heterocycles. The standard InChI is InChI=1S/C18H14FN3O2/c19-15-10-14(23)6-5-13(15)9-11-1-3-12(4-2-11)18-21-8-7-16(22-18)17(20)24/h1-8,10,23H,9H2,(H2,20,24). The Kier molecular flexibility index (Phi) is 4.20. The first kappa shape index (κ1) is 15.6. The van der Waals surface area contributed by atoms with Crippen LogP contribution in [0.15, 0.2) is 54.7 Å². The summed E-state index contributed by atoms with van der Waals surface area (Å²) in [4.78, 5) is 19.4. The first-order valence-corrected chi connectivity index (χ1v) is 7.22. The van der Waals surface area contributed by atoms with Crippen LogP contribution in [0.2, 0.25) is 0 Å². The molecule has 3 aromatic rings. The molecule has 120 valence electrons. The second kappa shape index (κ2) is 6.45. The summed E-state index contributed by atoms with van der Waals surface area (Å²) in [6, 6.07) is 12.8. The molecule has 6 heteroatoms. The number of benzene rings is 2. The van der Waals surface area contributed by atoms with Crippen molar-refractivity contribution in [2.75, 3.05) is 0 Å². The number of aromatic nitrogens is 2. The van der Waals surface area contributed by atoms with Gasteiger partial charge in [-0.1, -0.05) is 30.3 Å². The number of amides is 1. The first-order chi connectivity index (χ1) is 11.5. The summed E-state index contributed by atoms with van der Waals surface area (Å²) in [5.74, 6) is -0.763. The zero-order valence-electron chi connectivity index (χ0n) is 12.6. The number of nitrogens with zero attached hydrogens (tertiary/aromatic N) is 2. The maximum Gasteiger partial charge on any atom is 0.267 e. The molecule has 0 fully saturated rings. The predicted octanol–water partition coefficient (Wildman–Crippen LogP) is 2.68. The van der Waals surface area contributed by atoms with Gasteiger partial charge in [0.1, 0.15) is 17.3 Å². The number of primary amides is 1. The summed E-state index contributed by atoms with van der Waals surface area (Å²) >= 11 is 0. The van der Waals surface area contributed by atoms with Crippen molar-refractivity contribution in [2.24, 2.45) is 5.73 Å². The molecule has 0 bridgehead atoms. The molecule has 0 aliphatic rings. The molecular weight excluding hydrogens is 309 g/mol. The lowest BCUT2D eigenvalue weighted by atomic mass is 10.0. The van der Waals surface area contributed by atoms with Gasteiger partial charge >= 0.3 is 0 Å². The summed E-state index contributed by atoms with van der Waals surface area (Å²) in [6.45, 7) is 0. The molecule has 0 radical (unpaired) electrons. The Balaban J connectivity index is 1.83. The van der Waals surface area contributed by atoms with E-state index in [0.717, 1.165) is 17.2 Å². The van der Waals surface area contributed by atoms with Crippen LogP contribution in [0.5, 0.6) is 5.75 Å². The number of hydrogen-bond acceptors (Lipinski definition) is 4. The summed E-state index contributed by atoms with van der Waals surface area (Å²) in [5.41, 5.74) is 7.48. The van der Waals surface area contributed by atoms with E-state index >= 15 is 0 Å². The lowest BCUT2D eigenvalue weighted by molar-refractivity contribution is 0.0995. The number of nitrogens with two attached hydrogens (primary N) is 1. The number of carbonyl (C=O) groups is 1. The Morgan fingerprint density at radius 2 is 1.88 bits per heavy atom. The third-order valence-corrected chi connectivity index (χ3v) is 3.55. The molecule has 1 aromatic heterocycles. The molecule has 5 nitrogen and oxygen atoms in total. The minimum atomic E-state index is -0.613. The maximum atomic E-state index is 13.8. The maximum absolute atomic E-state index is 13.8. The molecule has 2 aromatic carbocycles. The van der Waals surface area contributed by atoms with Gasteiger partial charge in [-0.15, -0.1) is 0 Å². The Hall–Kier alpha value is -3.28. The van der Waals surface area contributed by atoms with Gasteiger partial charge < -0.3 is 10.8 Å².